The van der Waals surface area contributed by atoms with Gasteiger partial charge in [-0.1, -0.05) is 87.4 Å². The van der Waals surface area contributed by atoms with Crippen molar-refractivity contribution in [2.45, 2.75) is 62.2 Å². The number of thioether (sulfide) groups is 2. The van der Waals surface area contributed by atoms with Gasteiger partial charge in [0.1, 0.15) is 11.7 Å². The van der Waals surface area contributed by atoms with Gasteiger partial charge in [0, 0.05) is 21.3 Å². The van der Waals surface area contributed by atoms with E-state index in [9.17, 15) is 0 Å². The van der Waals surface area contributed by atoms with Crippen LogP contribution in [0.2, 0.25) is 0 Å². The fourth-order valence-corrected chi connectivity index (χ4v) is 6.41. The molecule has 0 heterocycles. The van der Waals surface area contributed by atoms with Crippen LogP contribution >= 0.6 is 45.1 Å². The molecule has 0 aromatic heterocycles. The van der Waals surface area contributed by atoms with Gasteiger partial charge in [-0.3, -0.25) is 9.98 Å². The molecule has 0 aliphatic heterocycles. The van der Waals surface area contributed by atoms with E-state index in [2.05, 4.69) is 100 Å². The Morgan fingerprint density at radius 3 is 1.25 bits per heavy atom. The molecule has 2 aromatic rings. The van der Waals surface area contributed by atoms with E-state index in [-0.39, 0.29) is 10.8 Å². The number of aliphatic imine (C=N–C) groups is 2. The van der Waals surface area contributed by atoms with Crippen molar-refractivity contribution < 1.29 is 0 Å². The van der Waals surface area contributed by atoms with E-state index in [0.717, 1.165) is 24.6 Å². The topological polar surface area (TPSA) is 76.8 Å². The summed E-state index contributed by atoms with van der Waals surface area (Å²) in [4.78, 5) is 11.5. The lowest BCUT2D eigenvalue weighted by molar-refractivity contribution is 0.589. The molecule has 4 nitrogen and oxygen atoms in total. The highest BCUT2D eigenvalue weighted by Gasteiger charge is 2.13. The van der Waals surface area contributed by atoms with Gasteiger partial charge in [-0.2, -0.15) is 0 Å². The molecule has 0 atom stereocenters. The second-order valence-corrected chi connectivity index (χ2v) is 15.3. The third kappa shape index (κ3) is 12.3. The zero-order valence-electron chi connectivity index (χ0n) is 22.5. The zero-order valence-corrected chi connectivity index (χ0v) is 25.8. The normalized spacial score (nSPS) is 13.3. The molecule has 0 radical (unpaired) electrons. The lowest BCUT2D eigenvalue weighted by Crippen LogP contribution is -2.17. The second kappa shape index (κ2) is 15.3. The molecule has 0 saturated heterocycles. The van der Waals surface area contributed by atoms with E-state index < -0.39 is 0 Å². The summed E-state index contributed by atoms with van der Waals surface area (Å²) in [6.45, 7) is 14.9. The highest BCUT2D eigenvalue weighted by Crippen LogP contribution is 2.27. The van der Waals surface area contributed by atoms with Gasteiger partial charge in [0.2, 0.25) is 0 Å². The molecule has 198 valence electrons. The molecule has 0 aliphatic rings. The van der Waals surface area contributed by atoms with E-state index in [0.29, 0.717) is 23.2 Å². The Bertz CT molecular complexity index is 891. The Kier molecular flexibility index (Phi) is 13.1. The molecular formula is C28H42N4S4. The van der Waals surface area contributed by atoms with Crippen molar-refractivity contribution in [1.29, 1.82) is 0 Å². The van der Waals surface area contributed by atoms with Crippen LogP contribution in [0, 0.1) is 0 Å². The van der Waals surface area contributed by atoms with Gasteiger partial charge in [-0.25, -0.2) is 0 Å². The molecule has 0 unspecified atom stereocenters. The first-order chi connectivity index (χ1) is 16.9. The molecule has 4 N–H and O–H groups in total. The maximum Gasteiger partial charge on any atom is 0.105 e. The van der Waals surface area contributed by atoms with Crippen molar-refractivity contribution in [3.63, 3.8) is 0 Å². The summed E-state index contributed by atoms with van der Waals surface area (Å²) < 4.78 is 0. The van der Waals surface area contributed by atoms with Gasteiger partial charge in [0.05, 0.1) is 24.6 Å². The van der Waals surface area contributed by atoms with Crippen molar-refractivity contribution in [2.24, 2.45) is 21.5 Å². The zero-order chi connectivity index (χ0) is 26.6. The van der Waals surface area contributed by atoms with Crippen LogP contribution in [-0.4, -0.2) is 47.8 Å². The van der Waals surface area contributed by atoms with Gasteiger partial charge in [-0.05, 0) is 46.2 Å². The first kappa shape index (κ1) is 31.0. The highest BCUT2D eigenvalue weighted by molar-refractivity contribution is 8.77. The molecule has 0 saturated carbocycles. The van der Waals surface area contributed by atoms with Gasteiger partial charge < -0.3 is 11.5 Å². The molecule has 36 heavy (non-hydrogen) atoms. The third-order valence-electron chi connectivity index (χ3n) is 5.29. The molecule has 2 rings (SSSR count). The summed E-state index contributed by atoms with van der Waals surface area (Å²) in [6.07, 6.45) is 0. The number of nitrogens with zero attached hydrogens (tertiary/aromatic N) is 2. The van der Waals surface area contributed by atoms with Crippen LogP contribution in [0.1, 0.15) is 52.7 Å². The van der Waals surface area contributed by atoms with Crippen molar-refractivity contribution in [2.75, 3.05) is 36.1 Å². The fraction of sp³-hybridized carbons (Fsp3) is 0.500. The summed E-state index contributed by atoms with van der Waals surface area (Å²) in [5.41, 5.74) is 15.2. The van der Waals surface area contributed by atoms with Crippen LogP contribution in [-0.2, 0) is 10.8 Å². The Balaban J connectivity index is 1.56. The van der Waals surface area contributed by atoms with Gasteiger partial charge >= 0.3 is 0 Å². The van der Waals surface area contributed by atoms with Crippen LogP contribution in [0.15, 0.2) is 68.3 Å². The maximum absolute atomic E-state index is 6.07. The SMILES string of the molecule is CC(C)(C)c1ccc(SCCN=C(N)CSSCC(N)=NCCSc2ccc(C(C)(C)C)cc2)cc1. The number of nitrogens with two attached hydrogens (primary N) is 2. The molecule has 8 heteroatoms. The van der Waals surface area contributed by atoms with E-state index in [4.69, 9.17) is 11.5 Å². The Morgan fingerprint density at radius 1 is 0.611 bits per heavy atom. The molecule has 0 spiro atoms. The van der Waals surface area contributed by atoms with E-state index >= 15 is 0 Å². The second-order valence-electron chi connectivity index (χ2n) is 10.5. The number of benzene rings is 2. The van der Waals surface area contributed by atoms with Gasteiger partial charge in [-0.15, -0.1) is 23.5 Å². The van der Waals surface area contributed by atoms with Crippen molar-refractivity contribution in [1.82, 2.24) is 0 Å². The van der Waals surface area contributed by atoms with Crippen molar-refractivity contribution in [3.8, 4) is 0 Å². The average Bonchev–Trinajstić information content (AvgIpc) is 2.82. The minimum Gasteiger partial charge on any atom is -0.387 e. The Labute approximate surface area is 235 Å². The van der Waals surface area contributed by atoms with Crippen LogP contribution in [0.5, 0.6) is 0 Å². The summed E-state index contributed by atoms with van der Waals surface area (Å²) in [5, 5.41) is 0. The minimum absolute atomic E-state index is 0.187. The summed E-state index contributed by atoms with van der Waals surface area (Å²) in [6, 6.07) is 17.6. The third-order valence-corrected chi connectivity index (χ3v) is 9.47. The lowest BCUT2D eigenvalue weighted by atomic mass is 9.87. The summed E-state index contributed by atoms with van der Waals surface area (Å²) >= 11 is 3.63. The molecule has 0 fully saturated rings. The highest BCUT2D eigenvalue weighted by atomic mass is 33.1. The largest absolute Gasteiger partial charge is 0.387 e. The molecule has 0 bridgehead atoms. The van der Waals surface area contributed by atoms with E-state index in [1.165, 1.54) is 20.9 Å². The van der Waals surface area contributed by atoms with Crippen molar-refractivity contribution >= 4 is 56.8 Å². The van der Waals surface area contributed by atoms with Crippen LogP contribution < -0.4 is 11.5 Å². The monoisotopic (exact) mass is 562 g/mol. The molecule has 0 aliphatic carbocycles. The number of amidine groups is 2. The van der Waals surface area contributed by atoms with Crippen LogP contribution in [0.3, 0.4) is 0 Å². The quantitative estimate of drug-likeness (QED) is 0.0879. The van der Waals surface area contributed by atoms with Gasteiger partial charge in [0.15, 0.2) is 0 Å². The standard InChI is InChI=1S/C28H42N4S4/c1-27(2,3)21-7-11-23(12-8-21)33-17-15-31-25(29)19-35-36-20-26(30)32-16-18-34-24-13-9-22(10-14-24)28(4,5)6/h7-14H,15-20H2,1-6H3,(H2,29,31)(H2,30,32). The minimum atomic E-state index is 0.187. The number of hydrogen-bond acceptors (Lipinski definition) is 6. The number of hydrogen-bond donors (Lipinski definition) is 2. The maximum atomic E-state index is 6.07. The summed E-state index contributed by atoms with van der Waals surface area (Å²) in [5.74, 6) is 4.60. The first-order valence-electron chi connectivity index (χ1n) is 12.2. The number of rotatable bonds is 13. The summed E-state index contributed by atoms with van der Waals surface area (Å²) in [7, 11) is 3.35. The Hall–Kier alpha value is -1.22. The molecule has 0 amide bonds. The fourth-order valence-electron chi connectivity index (χ4n) is 3.10. The van der Waals surface area contributed by atoms with E-state index in [1.807, 2.05) is 23.5 Å². The van der Waals surface area contributed by atoms with Crippen molar-refractivity contribution in [3.05, 3.63) is 59.7 Å². The predicted molar refractivity (Wildman–Crippen MR) is 170 cm³/mol. The lowest BCUT2D eigenvalue weighted by Gasteiger charge is -2.19. The molecule has 2 aromatic carbocycles. The Morgan fingerprint density at radius 2 is 0.944 bits per heavy atom. The van der Waals surface area contributed by atoms with E-state index in [1.54, 1.807) is 21.6 Å². The van der Waals surface area contributed by atoms with Crippen LogP contribution in [0.4, 0.5) is 0 Å². The first-order valence-corrected chi connectivity index (χ1v) is 16.7. The van der Waals surface area contributed by atoms with Gasteiger partial charge in [0.25, 0.3) is 0 Å². The smallest absolute Gasteiger partial charge is 0.105 e. The van der Waals surface area contributed by atoms with Crippen LogP contribution in [0.25, 0.3) is 0 Å². The predicted octanol–water partition coefficient (Wildman–Crippen LogP) is 7.26. The average molecular weight is 563 g/mol. The molecular weight excluding hydrogens is 521 g/mol.